The van der Waals surface area contributed by atoms with Gasteiger partial charge in [-0.25, -0.2) is 4.98 Å². The van der Waals surface area contributed by atoms with Gasteiger partial charge in [-0.05, 0) is 60.7 Å². The van der Waals surface area contributed by atoms with Crippen molar-refractivity contribution in [2.45, 2.75) is 0 Å². The molecule has 0 saturated carbocycles. The van der Waals surface area contributed by atoms with Crippen LogP contribution in [-0.4, -0.2) is 27.0 Å². The van der Waals surface area contributed by atoms with Crippen molar-refractivity contribution >= 4 is 67.1 Å². The molecule has 0 fully saturated rings. The number of nitrogens with zero attached hydrogens (tertiary/aromatic N) is 2. The molecule has 2 N–H and O–H groups in total. The Balaban J connectivity index is 1.28. The molecular weight excluding hydrogens is 553 g/mol. The summed E-state index contributed by atoms with van der Waals surface area (Å²) in [4.78, 5) is 31.4. The van der Waals surface area contributed by atoms with Crippen molar-refractivity contribution in [1.29, 1.82) is 0 Å². The Morgan fingerprint density at radius 3 is 2.41 bits per heavy atom. The molecule has 2 aromatic heterocycles. The topological polar surface area (TPSA) is 84.2 Å². The number of benzene rings is 4. The molecule has 0 unspecified atom stereocenters. The number of rotatable bonds is 6. The van der Waals surface area contributed by atoms with E-state index in [-0.39, 0.29) is 17.9 Å². The van der Waals surface area contributed by atoms with Crippen molar-refractivity contribution in [3.05, 3.63) is 117 Å². The summed E-state index contributed by atoms with van der Waals surface area (Å²) in [6.07, 6.45) is 0. The monoisotopic (exact) mass is 571 g/mol. The first kappa shape index (κ1) is 25.1. The second-order valence-corrected chi connectivity index (χ2v) is 10.6. The normalized spacial score (nSPS) is 11.2. The zero-order chi connectivity index (χ0) is 27.1. The number of hydrogen-bond donors (Lipinski definition) is 2. The van der Waals surface area contributed by atoms with Gasteiger partial charge in [0.1, 0.15) is 16.3 Å². The van der Waals surface area contributed by atoms with Crippen molar-refractivity contribution in [3.63, 3.8) is 0 Å². The third-order valence-corrected chi connectivity index (χ3v) is 8.44. The molecule has 0 radical (unpaired) electrons. The third kappa shape index (κ3) is 4.55. The van der Waals surface area contributed by atoms with Gasteiger partial charge in [-0.2, -0.15) is 0 Å². The molecule has 0 aliphatic heterocycles. The van der Waals surface area contributed by atoms with Crippen LogP contribution in [0.5, 0.6) is 5.75 Å². The molecule has 6 nitrogen and oxygen atoms in total. The van der Waals surface area contributed by atoms with E-state index in [9.17, 15) is 14.7 Å². The fraction of sp³-hybridized carbons (Fsp3) is 0.0333. The molecule has 4 aromatic carbocycles. The highest BCUT2D eigenvalue weighted by Crippen LogP contribution is 2.38. The molecule has 0 amide bonds. The van der Waals surface area contributed by atoms with Crippen LogP contribution in [0.3, 0.4) is 0 Å². The second-order valence-electron chi connectivity index (χ2n) is 8.80. The Kier molecular flexibility index (Phi) is 6.56. The summed E-state index contributed by atoms with van der Waals surface area (Å²) in [5.41, 5.74) is 2.63. The van der Waals surface area contributed by atoms with E-state index in [2.05, 4.69) is 10.3 Å². The molecule has 39 heavy (non-hydrogen) atoms. The maximum atomic E-state index is 13.5. The number of carbonyl (C=O) groups is 1. The summed E-state index contributed by atoms with van der Waals surface area (Å²) in [5, 5.41) is 16.2. The molecular formula is C30H19Cl2N3O3S. The van der Waals surface area contributed by atoms with Gasteiger partial charge in [0.05, 0.1) is 32.3 Å². The fourth-order valence-electron chi connectivity index (χ4n) is 4.47. The number of ketones is 1. The first-order valence-corrected chi connectivity index (χ1v) is 13.5. The molecule has 0 atom stereocenters. The lowest BCUT2D eigenvalue weighted by molar-refractivity contribution is 0.100. The Morgan fingerprint density at radius 2 is 1.64 bits per heavy atom. The summed E-state index contributed by atoms with van der Waals surface area (Å²) in [6, 6.07) is 27.0. The molecule has 0 aliphatic rings. The smallest absolute Gasteiger partial charge is 0.270 e. The van der Waals surface area contributed by atoms with Crippen LogP contribution in [0.4, 0.5) is 5.69 Å². The number of Topliss-reactive ketones (excluding diaryl/α,β-unsaturated/α-hetero) is 1. The largest absolute Gasteiger partial charge is 0.506 e. The van der Waals surface area contributed by atoms with Gasteiger partial charge in [-0.1, -0.05) is 53.5 Å². The number of para-hydroxylation sites is 2. The predicted molar refractivity (Wildman–Crippen MR) is 159 cm³/mol. The Labute approximate surface area is 236 Å². The van der Waals surface area contributed by atoms with E-state index in [1.807, 2.05) is 48.5 Å². The van der Waals surface area contributed by atoms with Crippen molar-refractivity contribution in [2.75, 3.05) is 11.9 Å². The summed E-state index contributed by atoms with van der Waals surface area (Å²) < 4.78 is 2.28. The summed E-state index contributed by atoms with van der Waals surface area (Å²) in [5.74, 6) is -0.839. The number of thiazole rings is 1. The fourth-order valence-corrected chi connectivity index (χ4v) is 5.97. The van der Waals surface area contributed by atoms with Gasteiger partial charge in [0.15, 0.2) is 5.78 Å². The van der Waals surface area contributed by atoms with E-state index >= 15 is 0 Å². The van der Waals surface area contributed by atoms with Gasteiger partial charge < -0.3 is 10.4 Å². The van der Waals surface area contributed by atoms with Crippen molar-refractivity contribution in [1.82, 2.24) is 9.55 Å². The average Bonchev–Trinajstić information content (AvgIpc) is 3.40. The SMILES string of the molecule is O=C(CNc1ccc(-c2nc3ccc(Cl)c(Cl)c3s2)cc1)c1c(O)c2ccccc2n(-c2ccccc2)c1=O. The maximum Gasteiger partial charge on any atom is 0.270 e. The van der Waals surface area contributed by atoms with E-state index < -0.39 is 11.3 Å². The molecule has 0 saturated heterocycles. The van der Waals surface area contributed by atoms with Gasteiger partial charge in [0, 0.05) is 22.3 Å². The number of nitrogens with one attached hydrogen (secondary N) is 1. The van der Waals surface area contributed by atoms with Gasteiger partial charge >= 0.3 is 0 Å². The minimum atomic E-state index is -0.575. The van der Waals surface area contributed by atoms with Gasteiger partial charge in [0.25, 0.3) is 5.56 Å². The summed E-state index contributed by atoms with van der Waals surface area (Å²) in [6.45, 7) is -0.176. The molecule has 0 spiro atoms. The number of aromatic nitrogens is 2. The van der Waals surface area contributed by atoms with Crippen LogP contribution >= 0.6 is 34.5 Å². The summed E-state index contributed by atoms with van der Waals surface area (Å²) in [7, 11) is 0. The van der Waals surface area contributed by atoms with Crippen LogP contribution in [0, 0.1) is 0 Å². The van der Waals surface area contributed by atoms with Crippen molar-refractivity contribution in [3.8, 4) is 22.0 Å². The standard InChI is InChI=1S/C30H19Cl2N3O3S/c31-21-14-15-22-28(26(21)32)39-29(34-22)17-10-12-18(13-11-17)33-16-24(36)25-27(37)20-8-4-5-9-23(20)35(30(25)38)19-6-2-1-3-7-19/h1-15,33,37H,16H2. The zero-order valence-electron chi connectivity index (χ0n) is 20.2. The first-order chi connectivity index (χ1) is 18.9. The van der Waals surface area contributed by atoms with E-state index in [0.717, 1.165) is 20.8 Å². The quantitative estimate of drug-likeness (QED) is 0.201. The van der Waals surface area contributed by atoms with Crippen LogP contribution < -0.4 is 10.9 Å². The number of pyridine rings is 1. The average molecular weight is 572 g/mol. The van der Waals surface area contributed by atoms with E-state index in [4.69, 9.17) is 23.2 Å². The Morgan fingerprint density at radius 1 is 0.923 bits per heavy atom. The lowest BCUT2D eigenvalue weighted by atomic mass is 10.1. The minimum absolute atomic E-state index is 0.176. The molecule has 6 rings (SSSR count). The highest BCUT2D eigenvalue weighted by atomic mass is 35.5. The molecule has 9 heteroatoms. The predicted octanol–water partition coefficient (Wildman–Crippen LogP) is 7.57. The van der Waals surface area contributed by atoms with Gasteiger partial charge in [-0.15, -0.1) is 11.3 Å². The number of carbonyl (C=O) groups excluding carboxylic acids is 1. The van der Waals surface area contributed by atoms with E-state index in [1.165, 1.54) is 15.9 Å². The van der Waals surface area contributed by atoms with Crippen LogP contribution in [0.25, 0.3) is 37.4 Å². The second kappa shape index (κ2) is 10.2. The molecule has 6 aromatic rings. The van der Waals surface area contributed by atoms with Gasteiger partial charge in [-0.3, -0.25) is 14.2 Å². The van der Waals surface area contributed by atoms with Crippen molar-refractivity contribution in [2.24, 2.45) is 0 Å². The number of hydrogen-bond acceptors (Lipinski definition) is 6. The molecule has 192 valence electrons. The van der Waals surface area contributed by atoms with Gasteiger partial charge in [0.2, 0.25) is 0 Å². The molecule has 0 aliphatic carbocycles. The molecule has 2 heterocycles. The van der Waals surface area contributed by atoms with E-state index in [1.54, 1.807) is 42.5 Å². The lowest BCUT2D eigenvalue weighted by Gasteiger charge is -2.15. The van der Waals surface area contributed by atoms with Crippen LogP contribution in [-0.2, 0) is 0 Å². The number of aromatic hydroxyl groups is 1. The highest BCUT2D eigenvalue weighted by molar-refractivity contribution is 7.22. The number of fused-ring (bicyclic) bond motifs is 2. The first-order valence-electron chi connectivity index (χ1n) is 12.0. The van der Waals surface area contributed by atoms with E-state index in [0.29, 0.717) is 32.3 Å². The minimum Gasteiger partial charge on any atom is -0.506 e. The Bertz CT molecular complexity index is 1930. The number of halogens is 2. The zero-order valence-corrected chi connectivity index (χ0v) is 22.5. The Hall–Kier alpha value is -4.17. The molecule has 0 bridgehead atoms. The third-order valence-electron chi connectivity index (χ3n) is 6.38. The maximum absolute atomic E-state index is 13.5. The highest BCUT2D eigenvalue weighted by Gasteiger charge is 2.22. The summed E-state index contributed by atoms with van der Waals surface area (Å²) >= 11 is 13.9. The van der Waals surface area contributed by atoms with Crippen LogP contribution in [0.15, 0.2) is 95.8 Å². The van der Waals surface area contributed by atoms with Crippen molar-refractivity contribution < 1.29 is 9.90 Å². The van der Waals surface area contributed by atoms with Crippen LogP contribution in [0.2, 0.25) is 10.0 Å². The lowest BCUT2D eigenvalue weighted by Crippen LogP contribution is -2.28. The number of anilines is 1. The van der Waals surface area contributed by atoms with Crippen LogP contribution in [0.1, 0.15) is 10.4 Å².